The summed E-state index contributed by atoms with van der Waals surface area (Å²) >= 11 is 5.91. The summed E-state index contributed by atoms with van der Waals surface area (Å²) in [6, 6.07) is 6.93. The van der Waals surface area contributed by atoms with Crippen molar-refractivity contribution in [3.05, 3.63) is 29.3 Å². The summed E-state index contributed by atoms with van der Waals surface area (Å²) in [6.07, 6.45) is 0.169. The third-order valence-corrected chi connectivity index (χ3v) is 2.88. The average molecular weight is 300 g/mol. The van der Waals surface area contributed by atoms with E-state index in [-0.39, 0.29) is 24.9 Å². The minimum Gasteiger partial charge on any atom is -0.482 e. The molecule has 0 aliphatic carbocycles. The van der Waals surface area contributed by atoms with Crippen molar-refractivity contribution in [3.8, 4) is 5.75 Å². The second-order valence-corrected chi connectivity index (χ2v) is 4.50. The van der Waals surface area contributed by atoms with Gasteiger partial charge in [0.2, 0.25) is 0 Å². The van der Waals surface area contributed by atoms with Crippen molar-refractivity contribution in [2.45, 2.75) is 13.3 Å². The van der Waals surface area contributed by atoms with Crippen LogP contribution in [0, 0.1) is 0 Å². The first-order valence-corrected chi connectivity index (χ1v) is 6.69. The zero-order valence-corrected chi connectivity index (χ0v) is 12.4. The summed E-state index contributed by atoms with van der Waals surface area (Å²) in [7, 11) is 1.61. The molecule has 20 heavy (non-hydrogen) atoms. The Morgan fingerprint density at radius 1 is 1.30 bits per heavy atom. The van der Waals surface area contributed by atoms with Gasteiger partial charge in [0.25, 0.3) is 5.91 Å². The minimum atomic E-state index is -0.320. The van der Waals surface area contributed by atoms with E-state index in [9.17, 15) is 9.59 Å². The van der Waals surface area contributed by atoms with E-state index in [1.807, 2.05) is 0 Å². The number of hydrogen-bond acceptors (Lipinski definition) is 4. The molecule has 0 aliphatic rings. The summed E-state index contributed by atoms with van der Waals surface area (Å²) in [5, 5.41) is 0.453. The van der Waals surface area contributed by atoms with Crippen LogP contribution in [0.1, 0.15) is 13.3 Å². The van der Waals surface area contributed by atoms with Crippen molar-refractivity contribution in [2.75, 3.05) is 26.8 Å². The zero-order valence-electron chi connectivity index (χ0n) is 11.6. The van der Waals surface area contributed by atoms with E-state index in [1.54, 1.807) is 38.2 Å². The van der Waals surface area contributed by atoms with E-state index < -0.39 is 0 Å². The quantitative estimate of drug-likeness (QED) is 0.724. The van der Waals surface area contributed by atoms with Gasteiger partial charge in [-0.2, -0.15) is 0 Å². The molecule has 0 radical (unpaired) electrons. The zero-order chi connectivity index (χ0) is 15.0. The number of carbonyl (C=O) groups excluding carboxylic acids is 2. The number of benzene rings is 1. The van der Waals surface area contributed by atoms with Crippen LogP contribution >= 0.6 is 11.6 Å². The first-order valence-electron chi connectivity index (χ1n) is 6.31. The Morgan fingerprint density at radius 2 is 2.00 bits per heavy atom. The second-order valence-electron chi connectivity index (χ2n) is 4.09. The van der Waals surface area contributed by atoms with Crippen LogP contribution in [0.3, 0.4) is 0 Å². The SMILES string of the molecule is CCOC(=O)CCN(C)C(=O)COc1ccccc1Cl. The molecule has 0 saturated heterocycles. The van der Waals surface area contributed by atoms with E-state index in [1.165, 1.54) is 4.90 Å². The Balaban J connectivity index is 2.35. The average Bonchev–Trinajstić information content (AvgIpc) is 2.44. The van der Waals surface area contributed by atoms with Gasteiger partial charge in [-0.1, -0.05) is 23.7 Å². The number of amides is 1. The number of hydrogen-bond donors (Lipinski definition) is 0. The lowest BCUT2D eigenvalue weighted by molar-refractivity contribution is -0.144. The van der Waals surface area contributed by atoms with Crippen molar-refractivity contribution < 1.29 is 19.1 Å². The molecule has 0 aliphatic heterocycles. The molecular formula is C14H18ClNO4. The van der Waals surface area contributed by atoms with Crippen molar-refractivity contribution >= 4 is 23.5 Å². The predicted octanol–water partition coefficient (Wildman–Crippen LogP) is 2.13. The fraction of sp³-hybridized carbons (Fsp3) is 0.429. The standard InChI is InChI=1S/C14H18ClNO4/c1-3-19-14(18)8-9-16(2)13(17)10-20-12-7-5-4-6-11(12)15/h4-7H,3,8-10H2,1-2H3. The van der Waals surface area contributed by atoms with Crippen LogP contribution in [0.4, 0.5) is 0 Å². The maximum atomic E-state index is 11.8. The Hall–Kier alpha value is -1.75. The van der Waals surface area contributed by atoms with Crippen molar-refractivity contribution in [3.63, 3.8) is 0 Å². The molecular weight excluding hydrogens is 282 g/mol. The monoisotopic (exact) mass is 299 g/mol. The summed E-state index contributed by atoms with van der Waals surface area (Å²) in [5.74, 6) is -0.0882. The van der Waals surface area contributed by atoms with E-state index in [0.717, 1.165) is 0 Å². The lowest BCUT2D eigenvalue weighted by atomic mass is 10.3. The summed E-state index contributed by atoms with van der Waals surface area (Å²) in [4.78, 5) is 24.4. The molecule has 5 nitrogen and oxygen atoms in total. The fourth-order valence-corrected chi connectivity index (χ4v) is 1.62. The van der Waals surface area contributed by atoms with Crippen molar-refractivity contribution in [1.82, 2.24) is 4.90 Å². The first-order chi connectivity index (χ1) is 9.54. The molecule has 1 aromatic rings. The normalized spacial score (nSPS) is 9.95. The fourth-order valence-electron chi connectivity index (χ4n) is 1.43. The van der Waals surface area contributed by atoms with Crippen LogP contribution in [-0.4, -0.2) is 43.6 Å². The van der Waals surface area contributed by atoms with Gasteiger partial charge in [0.15, 0.2) is 6.61 Å². The number of likely N-dealkylation sites (N-methyl/N-ethyl adjacent to an activating group) is 1. The minimum absolute atomic E-state index is 0.122. The van der Waals surface area contributed by atoms with E-state index in [4.69, 9.17) is 21.1 Å². The van der Waals surface area contributed by atoms with Gasteiger partial charge in [0, 0.05) is 13.6 Å². The van der Waals surface area contributed by atoms with Gasteiger partial charge in [-0.15, -0.1) is 0 Å². The molecule has 0 aromatic heterocycles. The van der Waals surface area contributed by atoms with Gasteiger partial charge in [-0.25, -0.2) is 0 Å². The van der Waals surface area contributed by atoms with Gasteiger partial charge < -0.3 is 14.4 Å². The lowest BCUT2D eigenvalue weighted by Crippen LogP contribution is -2.33. The molecule has 1 aromatic carbocycles. The van der Waals surface area contributed by atoms with Crippen LogP contribution in [0.15, 0.2) is 24.3 Å². The number of para-hydroxylation sites is 1. The van der Waals surface area contributed by atoms with Crippen LogP contribution in [0.2, 0.25) is 5.02 Å². The highest BCUT2D eigenvalue weighted by molar-refractivity contribution is 6.32. The Bertz CT molecular complexity index is 464. The lowest BCUT2D eigenvalue weighted by Gasteiger charge is -2.17. The van der Waals surface area contributed by atoms with Crippen LogP contribution in [0.25, 0.3) is 0 Å². The third kappa shape index (κ3) is 5.48. The van der Waals surface area contributed by atoms with Gasteiger partial charge in [0.05, 0.1) is 18.1 Å². The van der Waals surface area contributed by atoms with Crippen LogP contribution < -0.4 is 4.74 Å². The molecule has 6 heteroatoms. The number of ether oxygens (including phenoxy) is 2. The predicted molar refractivity (Wildman–Crippen MR) is 75.8 cm³/mol. The molecule has 0 bridgehead atoms. The second kappa shape index (κ2) is 8.43. The van der Waals surface area contributed by atoms with Gasteiger partial charge in [0.1, 0.15) is 5.75 Å². The van der Waals surface area contributed by atoms with Crippen LogP contribution in [-0.2, 0) is 14.3 Å². The Morgan fingerprint density at radius 3 is 2.65 bits per heavy atom. The Kier molecular flexibility index (Phi) is 6.87. The molecule has 0 unspecified atom stereocenters. The number of nitrogens with zero attached hydrogens (tertiary/aromatic N) is 1. The summed E-state index contributed by atoms with van der Waals surface area (Å²) in [5.41, 5.74) is 0. The highest BCUT2D eigenvalue weighted by atomic mass is 35.5. The van der Waals surface area contributed by atoms with Gasteiger partial charge >= 0.3 is 5.97 Å². The molecule has 0 saturated carbocycles. The molecule has 0 fully saturated rings. The molecule has 0 N–H and O–H groups in total. The smallest absolute Gasteiger partial charge is 0.307 e. The Labute approximate surface area is 123 Å². The maximum Gasteiger partial charge on any atom is 0.307 e. The van der Waals surface area contributed by atoms with Crippen molar-refractivity contribution in [2.24, 2.45) is 0 Å². The van der Waals surface area contributed by atoms with Gasteiger partial charge in [-0.3, -0.25) is 9.59 Å². The molecule has 0 spiro atoms. The number of carbonyl (C=O) groups is 2. The molecule has 0 atom stereocenters. The van der Waals surface area contributed by atoms with Crippen molar-refractivity contribution in [1.29, 1.82) is 0 Å². The van der Waals surface area contributed by atoms with E-state index in [2.05, 4.69) is 0 Å². The molecule has 0 heterocycles. The number of esters is 1. The summed E-state index contributed by atoms with van der Waals surface area (Å²) in [6.45, 7) is 2.25. The molecule has 1 rings (SSSR count). The highest BCUT2D eigenvalue weighted by Crippen LogP contribution is 2.22. The highest BCUT2D eigenvalue weighted by Gasteiger charge is 2.12. The maximum absolute atomic E-state index is 11.8. The molecule has 1 amide bonds. The first kappa shape index (κ1) is 16.3. The van der Waals surface area contributed by atoms with Crippen LogP contribution in [0.5, 0.6) is 5.75 Å². The number of rotatable bonds is 7. The third-order valence-electron chi connectivity index (χ3n) is 2.57. The largest absolute Gasteiger partial charge is 0.482 e. The topological polar surface area (TPSA) is 55.8 Å². The van der Waals surface area contributed by atoms with E-state index in [0.29, 0.717) is 23.9 Å². The van der Waals surface area contributed by atoms with E-state index >= 15 is 0 Å². The number of halogens is 1. The van der Waals surface area contributed by atoms with Gasteiger partial charge in [-0.05, 0) is 19.1 Å². The molecule has 110 valence electrons. The summed E-state index contributed by atoms with van der Waals surface area (Å²) < 4.78 is 10.1.